The summed E-state index contributed by atoms with van der Waals surface area (Å²) in [7, 11) is 5.69. The van der Waals surface area contributed by atoms with Gasteiger partial charge >= 0.3 is 0 Å². The predicted octanol–water partition coefficient (Wildman–Crippen LogP) is 1.21. The number of rotatable bonds is 5. The van der Waals surface area contributed by atoms with Crippen LogP contribution in [-0.4, -0.2) is 83.2 Å². The standard InChI is InChI=1S/C19H27N5O2/c1-21-9-6-15(7-10-21)18(25)22(2)12-13-23(3)19(26)16-4-5-17-20-8-11-24(17)14-16/h4-5,8,11,14-15H,6-7,9-10,12-13H2,1-3H3. The molecule has 0 aliphatic carbocycles. The molecule has 2 amide bonds. The summed E-state index contributed by atoms with van der Waals surface area (Å²) in [4.78, 5) is 35.0. The Morgan fingerprint density at radius 1 is 1.15 bits per heavy atom. The van der Waals surface area contributed by atoms with Crippen molar-refractivity contribution >= 4 is 17.5 Å². The molecule has 3 rings (SSSR count). The summed E-state index contributed by atoms with van der Waals surface area (Å²) in [6.07, 6.45) is 7.14. The van der Waals surface area contributed by atoms with Crippen LogP contribution in [0.3, 0.4) is 0 Å². The summed E-state index contributed by atoms with van der Waals surface area (Å²) in [6.45, 7) is 3.00. The average molecular weight is 357 g/mol. The summed E-state index contributed by atoms with van der Waals surface area (Å²) in [5, 5.41) is 0. The normalized spacial score (nSPS) is 16.0. The second kappa shape index (κ2) is 7.86. The molecule has 7 nitrogen and oxygen atoms in total. The molecule has 0 bridgehead atoms. The van der Waals surface area contributed by atoms with Crippen molar-refractivity contribution in [2.45, 2.75) is 12.8 Å². The molecular weight excluding hydrogens is 330 g/mol. The SMILES string of the molecule is CN1CCC(C(=O)N(C)CCN(C)C(=O)c2ccc3nccn3c2)CC1. The van der Waals surface area contributed by atoms with E-state index in [4.69, 9.17) is 0 Å². The van der Waals surface area contributed by atoms with E-state index in [0.29, 0.717) is 18.7 Å². The van der Waals surface area contributed by atoms with Gasteiger partial charge in [0, 0.05) is 51.7 Å². The first kappa shape index (κ1) is 18.4. The highest BCUT2D eigenvalue weighted by Crippen LogP contribution is 2.18. The third-order valence-electron chi connectivity index (χ3n) is 5.20. The Morgan fingerprint density at radius 2 is 1.85 bits per heavy atom. The summed E-state index contributed by atoms with van der Waals surface area (Å²) in [6, 6.07) is 3.62. The molecule has 0 radical (unpaired) electrons. The maximum Gasteiger partial charge on any atom is 0.255 e. The number of piperidine rings is 1. The molecule has 1 aliphatic rings. The maximum absolute atomic E-state index is 12.6. The number of aromatic nitrogens is 2. The van der Waals surface area contributed by atoms with Crippen molar-refractivity contribution in [1.29, 1.82) is 0 Å². The molecule has 0 unspecified atom stereocenters. The molecule has 0 atom stereocenters. The molecule has 1 saturated heterocycles. The van der Waals surface area contributed by atoms with Crippen molar-refractivity contribution in [3.05, 3.63) is 36.3 Å². The number of likely N-dealkylation sites (tertiary alicyclic amines) is 1. The zero-order valence-electron chi connectivity index (χ0n) is 15.8. The van der Waals surface area contributed by atoms with Gasteiger partial charge in [0.1, 0.15) is 5.65 Å². The smallest absolute Gasteiger partial charge is 0.255 e. The largest absolute Gasteiger partial charge is 0.344 e. The molecule has 0 saturated carbocycles. The quantitative estimate of drug-likeness (QED) is 0.807. The van der Waals surface area contributed by atoms with Crippen molar-refractivity contribution in [3.8, 4) is 0 Å². The number of pyridine rings is 1. The summed E-state index contributed by atoms with van der Waals surface area (Å²) in [5.41, 5.74) is 1.43. The van der Waals surface area contributed by atoms with Gasteiger partial charge in [0.2, 0.25) is 5.91 Å². The summed E-state index contributed by atoms with van der Waals surface area (Å²) < 4.78 is 1.83. The first-order chi connectivity index (χ1) is 12.5. The highest BCUT2D eigenvalue weighted by Gasteiger charge is 2.26. The van der Waals surface area contributed by atoms with Crippen molar-refractivity contribution in [2.24, 2.45) is 5.92 Å². The van der Waals surface area contributed by atoms with Crippen molar-refractivity contribution in [3.63, 3.8) is 0 Å². The van der Waals surface area contributed by atoms with Crippen LogP contribution < -0.4 is 0 Å². The molecule has 0 aromatic carbocycles. The minimum atomic E-state index is -0.0549. The molecule has 3 heterocycles. The fourth-order valence-corrected chi connectivity index (χ4v) is 3.35. The van der Waals surface area contributed by atoms with Crippen LogP contribution in [0.1, 0.15) is 23.2 Å². The summed E-state index contributed by atoms with van der Waals surface area (Å²) >= 11 is 0. The van der Waals surface area contributed by atoms with Gasteiger partial charge in [0.15, 0.2) is 0 Å². The van der Waals surface area contributed by atoms with Crippen LogP contribution in [0.2, 0.25) is 0 Å². The van der Waals surface area contributed by atoms with Gasteiger partial charge in [-0.25, -0.2) is 4.98 Å². The van der Waals surface area contributed by atoms with E-state index in [1.54, 1.807) is 35.3 Å². The number of imidazole rings is 1. The van der Waals surface area contributed by atoms with Gasteiger partial charge in [-0.1, -0.05) is 0 Å². The van der Waals surface area contributed by atoms with Gasteiger partial charge in [-0.2, -0.15) is 0 Å². The number of hydrogen-bond acceptors (Lipinski definition) is 4. The summed E-state index contributed by atoms with van der Waals surface area (Å²) in [5.74, 6) is 0.250. The van der Waals surface area contributed by atoms with Crippen molar-refractivity contribution in [2.75, 3.05) is 47.3 Å². The lowest BCUT2D eigenvalue weighted by Gasteiger charge is -2.31. The topological polar surface area (TPSA) is 61.2 Å². The van der Waals surface area contributed by atoms with Crippen molar-refractivity contribution < 1.29 is 9.59 Å². The first-order valence-electron chi connectivity index (χ1n) is 9.07. The van der Waals surface area contributed by atoms with Crippen LogP contribution >= 0.6 is 0 Å². The van der Waals surface area contributed by atoms with E-state index in [9.17, 15) is 9.59 Å². The molecule has 0 spiro atoms. The van der Waals surface area contributed by atoms with Crippen LogP contribution in [0.15, 0.2) is 30.7 Å². The zero-order chi connectivity index (χ0) is 18.7. The molecule has 140 valence electrons. The second-order valence-electron chi connectivity index (χ2n) is 7.17. The van der Waals surface area contributed by atoms with Crippen LogP contribution in [0.25, 0.3) is 5.65 Å². The van der Waals surface area contributed by atoms with E-state index in [2.05, 4.69) is 16.9 Å². The van der Waals surface area contributed by atoms with Gasteiger partial charge in [0.25, 0.3) is 5.91 Å². The maximum atomic E-state index is 12.6. The van der Waals surface area contributed by atoms with Gasteiger partial charge in [-0.05, 0) is 45.1 Å². The molecule has 1 aliphatic heterocycles. The Labute approximate surface area is 154 Å². The van der Waals surface area contributed by atoms with E-state index >= 15 is 0 Å². The minimum Gasteiger partial charge on any atom is -0.344 e. The minimum absolute atomic E-state index is 0.0549. The van der Waals surface area contributed by atoms with Gasteiger partial charge in [0.05, 0.1) is 5.56 Å². The fourth-order valence-electron chi connectivity index (χ4n) is 3.35. The third-order valence-corrected chi connectivity index (χ3v) is 5.20. The van der Waals surface area contributed by atoms with E-state index in [1.807, 2.05) is 23.7 Å². The highest BCUT2D eigenvalue weighted by atomic mass is 16.2. The zero-order valence-corrected chi connectivity index (χ0v) is 15.8. The number of hydrogen-bond donors (Lipinski definition) is 0. The molecule has 26 heavy (non-hydrogen) atoms. The molecule has 7 heteroatoms. The Morgan fingerprint density at radius 3 is 2.58 bits per heavy atom. The lowest BCUT2D eigenvalue weighted by Crippen LogP contribution is -2.43. The predicted molar refractivity (Wildman–Crippen MR) is 100 cm³/mol. The first-order valence-corrected chi connectivity index (χ1v) is 9.07. The second-order valence-corrected chi connectivity index (χ2v) is 7.17. The number of nitrogens with zero attached hydrogens (tertiary/aromatic N) is 5. The average Bonchev–Trinajstić information content (AvgIpc) is 3.13. The Balaban J connectivity index is 1.53. The van der Waals surface area contributed by atoms with Crippen molar-refractivity contribution in [1.82, 2.24) is 24.1 Å². The number of carbonyl (C=O) groups excluding carboxylic acids is 2. The fraction of sp³-hybridized carbons (Fsp3) is 0.526. The number of carbonyl (C=O) groups is 2. The highest BCUT2D eigenvalue weighted by molar-refractivity contribution is 5.94. The monoisotopic (exact) mass is 357 g/mol. The van der Waals surface area contributed by atoms with E-state index in [0.717, 1.165) is 31.6 Å². The van der Waals surface area contributed by atoms with E-state index in [1.165, 1.54) is 0 Å². The Kier molecular flexibility index (Phi) is 5.56. The molecular formula is C19H27N5O2. The lowest BCUT2D eigenvalue weighted by molar-refractivity contribution is -0.135. The Hall–Kier alpha value is -2.41. The number of likely N-dealkylation sites (N-methyl/N-ethyl adjacent to an activating group) is 2. The van der Waals surface area contributed by atoms with Gasteiger partial charge in [-0.3, -0.25) is 9.59 Å². The van der Waals surface area contributed by atoms with E-state index in [-0.39, 0.29) is 17.7 Å². The molecule has 1 fully saturated rings. The van der Waals surface area contributed by atoms with Crippen LogP contribution in [0.4, 0.5) is 0 Å². The molecule has 2 aromatic heterocycles. The molecule has 0 N–H and O–H groups in total. The van der Waals surface area contributed by atoms with Gasteiger partial charge < -0.3 is 19.1 Å². The Bertz CT molecular complexity index is 779. The van der Waals surface area contributed by atoms with Crippen LogP contribution in [0, 0.1) is 5.92 Å². The van der Waals surface area contributed by atoms with E-state index < -0.39 is 0 Å². The van der Waals surface area contributed by atoms with Crippen LogP contribution in [0.5, 0.6) is 0 Å². The van der Waals surface area contributed by atoms with Crippen LogP contribution in [-0.2, 0) is 4.79 Å². The van der Waals surface area contributed by atoms with Gasteiger partial charge in [-0.15, -0.1) is 0 Å². The number of fused-ring (bicyclic) bond motifs is 1. The molecule has 2 aromatic rings. The lowest BCUT2D eigenvalue weighted by atomic mass is 9.96. The third kappa shape index (κ3) is 4.04. The number of amides is 2.